The normalized spacial score (nSPS) is 26.1. The molecule has 4 heteroatoms. The van der Waals surface area contributed by atoms with Crippen LogP contribution in [0.3, 0.4) is 0 Å². The Morgan fingerprint density at radius 2 is 2.16 bits per heavy atom. The van der Waals surface area contributed by atoms with Gasteiger partial charge in [-0.05, 0) is 37.3 Å². The summed E-state index contributed by atoms with van der Waals surface area (Å²) in [4.78, 5) is 11.8. The molecule has 104 valence electrons. The highest BCUT2D eigenvalue weighted by molar-refractivity contribution is 5.81. The standard InChI is InChI=1S/C15H21NO3/c1-18-14(17)15(16)10-5-6-12(15)9-11-19-13-7-3-2-4-8-13/h2-4,7-8,12H,5-6,9-11,16H2,1H3. The van der Waals surface area contributed by atoms with E-state index in [0.29, 0.717) is 13.0 Å². The number of nitrogens with two attached hydrogens (primary N) is 1. The maximum atomic E-state index is 11.8. The van der Waals surface area contributed by atoms with E-state index in [4.69, 9.17) is 15.2 Å². The van der Waals surface area contributed by atoms with Crippen molar-refractivity contribution in [3.63, 3.8) is 0 Å². The molecule has 2 rings (SSSR count). The van der Waals surface area contributed by atoms with Crippen LogP contribution in [-0.2, 0) is 9.53 Å². The van der Waals surface area contributed by atoms with Gasteiger partial charge in [-0.25, -0.2) is 0 Å². The van der Waals surface area contributed by atoms with Gasteiger partial charge < -0.3 is 15.2 Å². The first kappa shape index (κ1) is 13.9. The lowest BCUT2D eigenvalue weighted by molar-refractivity contribution is -0.148. The maximum Gasteiger partial charge on any atom is 0.326 e. The Kier molecular flexibility index (Phi) is 4.43. The average Bonchev–Trinajstić information content (AvgIpc) is 2.82. The fourth-order valence-corrected chi connectivity index (χ4v) is 2.80. The van der Waals surface area contributed by atoms with Gasteiger partial charge in [0.05, 0.1) is 13.7 Å². The SMILES string of the molecule is COC(=O)C1(N)CCCC1CCOc1ccccc1. The van der Waals surface area contributed by atoms with Crippen molar-refractivity contribution >= 4 is 5.97 Å². The summed E-state index contributed by atoms with van der Waals surface area (Å²) >= 11 is 0. The molecule has 1 aromatic carbocycles. The van der Waals surface area contributed by atoms with Gasteiger partial charge in [0.1, 0.15) is 11.3 Å². The summed E-state index contributed by atoms with van der Waals surface area (Å²) in [6.07, 6.45) is 3.42. The molecular formula is C15H21NO3. The van der Waals surface area contributed by atoms with Crippen molar-refractivity contribution in [2.75, 3.05) is 13.7 Å². The number of rotatable bonds is 5. The van der Waals surface area contributed by atoms with E-state index in [1.165, 1.54) is 7.11 Å². The van der Waals surface area contributed by atoms with Crippen LogP contribution in [0.2, 0.25) is 0 Å². The van der Waals surface area contributed by atoms with E-state index in [-0.39, 0.29) is 11.9 Å². The Bertz CT molecular complexity index is 421. The summed E-state index contributed by atoms with van der Waals surface area (Å²) in [6, 6.07) is 9.67. The number of esters is 1. The molecule has 0 spiro atoms. The number of ether oxygens (including phenoxy) is 2. The average molecular weight is 263 g/mol. The van der Waals surface area contributed by atoms with E-state index in [9.17, 15) is 4.79 Å². The second kappa shape index (κ2) is 6.06. The van der Waals surface area contributed by atoms with Crippen molar-refractivity contribution in [1.29, 1.82) is 0 Å². The van der Waals surface area contributed by atoms with Crippen LogP contribution < -0.4 is 10.5 Å². The Morgan fingerprint density at radius 3 is 2.84 bits per heavy atom. The fourth-order valence-electron chi connectivity index (χ4n) is 2.80. The summed E-state index contributed by atoms with van der Waals surface area (Å²) in [7, 11) is 1.40. The van der Waals surface area contributed by atoms with Crippen molar-refractivity contribution < 1.29 is 14.3 Å². The largest absolute Gasteiger partial charge is 0.494 e. The quantitative estimate of drug-likeness (QED) is 0.827. The van der Waals surface area contributed by atoms with Crippen molar-refractivity contribution in [3.8, 4) is 5.75 Å². The molecular weight excluding hydrogens is 242 g/mol. The van der Waals surface area contributed by atoms with Crippen LogP contribution in [0.4, 0.5) is 0 Å². The number of carbonyl (C=O) groups excluding carboxylic acids is 1. The van der Waals surface area contributed by atoms with Crippen molar-refractivity contribution in [1.82, 2.24) is 0 Å². The molecule has 2 N–H and O–H groups in total. The first-order chi connectivity index (χ1) is 9.16. The van der Waals surface area contributed by atoms with Gasteiger partial charge in [0, 0.05) is 0 Å². The van der Waals surface area contributed by atoms with Gasteiger partial charge in [-0.1, -0.05) is 24.6 Å². The molecule has 2 atom stereocenters. The van der Waals surface area contributed by atoms with Gasteiger partial charge in [0.15, 0.2) is 0 Å². The zero-order valence-electron chi connectivity index (χ0n) is 11.3. The van der Waals surface area contributed by atoms with E-state index in [0.717, 1.165) is 25.0 Å². The summed E-state index contributed by atoms with van der Waals surface area (Å²) in [5.41, 5.74) is 5.38. The molecule has 0 amide bonds. The zero-order chi connectivity index (χ0) is 13.7. The minimum atomic E-state index is -0.825. The number of para-hydroxylation sites is 1. The molecule has 1 aliphatic carbocycles. The number of hydrogen-bond donors (Lipinski definition) is 1. The molecule has 1 aromatic rings. The van der Waals surface area contributed by atoms with Crippen LogP contribution >= 0.6 is 0 Å². The maximum absolute atomic E-state index is 11.8. The van der Waals surface area contributed by atoms with E-state index in [1.54, 1.807) is 0 Å². The number of benzene rings is 1. The Hall–Kier alpha value is -1.55. The fraction of sp³-hybridized carbons (Fsp3) is 0.533. The van der Waals surface area contributed by atoms with Gasteiger partial charge in [0.25, 0.3) is 0 Å². The lowest BCUT2D eigenvalue weighted by Crippen LogP contribution is -2.52. The molecule has 0 aromatic heterocycles. The van der Waals surface area contributed by atoms with Gasteiger partial charge in [-0.15, -0.1) is 0 Å². The summed E-state index contributed by atoms with van der Waals surface area (Å²) < 4.78 is 10.5. The lowest BCUT2D eigenvalue weighted by atomic mass is 9.86. The molecule has 0 bridgehead atoms. The van der Waals surface area contributed by atoms with Crippen molar-refractivity contribution in [2.45, 2.75) is 31.2 Å². The summed E-state index contributed by atoms with van der Waals surface area (Å²) in [5, 5.41) is 0. The molecule has 19 heavy (non-hydrogen) atoms. The highest BCUT2D eigenvalue weighted by Crippen LogP contribution is 2.36. The van der Waals surface area contributed by atoms with Crippen molar-refractivity contribution in [3.05, 3.63) is 30.3 Å². The number of hydrogen-bond acceptors (Lipinski definition) is 4. The third-order valence-electron chi connectivity index (χ3n) is 3.92. The van der Waals surface area contributed by atoms with Crippen LogP contribution in [0.15, 0.2) is 30.3 Å². The lowest BCUT2D eigenvalue weighted by Gasteiger charge is -2.28. The molecule has 1 fully saturated rings. The molecule has 0 radical (unpaired) electrons. The molecule has 1 aliphatic rings. The molecule has 0 heterocycles. The van der Waals surface area contributed by atoms with Gasteiger partial charge in [-0.2, -0.15) is 0 Å². The predicted octanol–water partition coefficient (Wildman–Crippen LogP) is 2.13. The summed E-state index contributed by atoms with van der Waals surface area (Å²) in [6.45, 7) is 0.574. The van der Waals surface area contributed by atoms with Crippen LogP contribution in [0, 0.1) is 5.92 Å². The van der Waals surface area contributed by atoms with Crippen molar-refractivity contribution in [2.24, 2.45) is 11.7 Å². The molecule has 0 aliphatic heterocycles. The summed E-state index contributed by atoms with van der Waals surface area (Å²) in [5.74, 6) is 0.694. The zero-order valence-corrected chi connectivity index (χ0v) is 11.3. The van der Waals surface area contributed by atoms with E-state index in [1.807, 2.05) is 30.3 Å². The van der Waals surface area contributed by atoms with E-state index < -0.39 is 5.54 Å². The first-order valence-electron chi connectivity index (χ1n) is 6.72. The van der Waals surface area contributed by atoms with Crippen LogP contribution in [0.1, 0.15) is 25.7 Å². The first-order valence-corrected chi connectivity index (χ1v) is 6.72. The Morgan fingerprint density at radius 1 is 1.42 bits per heavy atom. The van der Waals surface area contributed by atoms with Crippen LogP contribution in [0.25, 0.3) is 0 Å². The highest BCUT2D eigenvalue weighted by atomic mass is 16.5. The van der Waals surface area contributed by atoms with E-state index >= 15 is 0 Å². The third kappa shape index (κ3) is 3.07. The monoisotopic (exact) mass is 263 g/mol. The minimum absolute atomic E-state index is 0.142. The van der Waals surface area contributed by atoms with Crippen LogP contribution in [-0.4, -0.2) is 25.2 Å². The predicted molar refractivity (Wildman–Crippen MR) is 72.8 cm³/mol. The molecule has 0 saturated heterocycles. The van der Waals surface area contributed by atoms with Crippen LogP contribution in [0.5, 0.6) is 5.75 Å². The minimum Gasteiger partial charge on any atom is -0.494 e. The number of methoxy groups -OCH3 is 1. The van der Waals surface area contributed by atoms with E-state index in [2.05, 4.69) is 0 Å². The molecule has 1 saturated carbocycles. The second-order valence-electron chi connectivity index (χ2n) is 5.07. The highest BCUT2D eigenvalue weighted by Gasteiger charge is 2.46. The third-order valence-corrected chi connectivity index (χ3v) is 3.92. The topological polar surface area (TPSA) is 61.5 Å². The van der Waals surface area contributed by atoms with Gasteiger partial charge in [0.2, 0.25) is 0 Å². The smallest absolute Gasteiger partial charge is 0.326 e. The molecule has 4 nitrogen and oxygen atoms in total. The van der Waals surface area contributed by atoms with Gasteiger partial charge in [-0.3, -0.25) is 4.79 Å². The second-order valence-corrected chi connectivity index (χ2v) is 5.07. The Labute approximate surface area is 113 Å². The van der Waals surface area contributed by atoms with Gasteiger partial charge >= 0.3 is 5.97 Å². The molecule has 2 unspecified atom stereocenters. The number of carbonyl (C=O) groups is 1. The Balaban J connectivity index is 1.87.